The van der Waals surface area contributed by atoms with Crippen molar-refractivity contribution < 1.29 is 14.3 Å². The summed E-state index contributed by atoms with van der Waals surface area (Å²) in [5.41, 5.74) is 0. The zero-order valence-corrected chi connectivity index (χ0v) is 11.4. The normalized spacial score (nSPS) is 15.6. The molecule has 1 aliphatic rings. The van der Waals surface area contributed by atoms with Crippen LogP contribution in [-0.2, 0) is 4.74 Å². The quantitative estimate of drug-likeness (QED) is 0.398. The molecule has 2 N–H and O–H groups in total. The molecule has 1 aliphatic heterocycles. The third kappa shape index (κ3) is 3.52. The molecule has 1 rings (SSSR count). The van der Waals surface area contributed by atoms with Gasteiger partial charge in [0.2, 0.25) is 0 Å². The first-order valence-electron chi connectivity index (χ1n) is 5.70. The topological polar surface area (TPSA) is 85.7 Å². The molecule has 7 nitrogen and oxygen atoms in total. The van der Waals surface area contributed by atoms with E-state index < -0.39 is 18.1 Å². The second-order valence-electron chi connectivity index (χ2n) is 3.68. The molecule has 0 spiro atoms. The number of amides is 4. The predicted octanol–water partition coefficient (Wildman–Crippen LogP) is 1.46. The Labute approximate surface area is 110 Å². The molecule has 0 saturated carbocycles. The van der Waals surface area contributed by atoms with Crippen LogP contribution in [0, 0.1) is 5.41 Å². The Morgan fingerprint density at radius 3 is 2.72 bits per heavy atom. The minimum absolute atomic E-state index is 0.482. The van der Waals surface area contributed by atoms with Gasteiger partial charge in [0.15, 0.2) is 0 Å². The van der Waals surface area contributed by atoms with Crippen LogP contribution in [0.5, 0.6) is 0 Å². The molecular formula is C10H18N4O3S. The van der Waals surface area contributed by atoms with Gasteiger partial charge in [-0.15, -0.1) is 0 Å². The second kappa shape index (κ2) is 7.10. The van der Waals surface area contributed by atoms with Crippen LogP contribution in [0.3, 0.4) is 0 Å². The Kier molecular flexibility index (Phi) is 5.76. The fourth-order valence-corrected chi connectivity index (χ4v) is 2.51. The number of carbonyl (C=O) groups excluding carboxylic acids is 2. The maximum Gasteiger partial charge on any atom is 0.346 e. The predicted molar refractivity (Wildman–Crippen MR) is 69.4 cm³/mol. The van der Waals surface area contributed by atoms with Crippen LogP contribution in [-0.4, -0.2) is 53.7 Å². The Morgan fingerprint density at radius 1 is 1.39 bits per heavy atom. The minimum Gasteiger partial charge on any atom is -0.468 e. The second-order valence-corrected chi connectivity index (χ2v) is 4.79. The van der Waals surface area contributed by atoms with Crippen LogP contribution < -0.4 is 5.32 Å². The minimum atomic E-state index is -0.670. The molecule has 1 heterocycles. The van der Waals surface area contributed by atoms with E-state index in [0.29, 0.717) is 11.4 Å². The van der Waals surface area contributed by atoms with Crippen molar-refractivity contribution in [2.75, 3.05) is 26.5 Å². The Bertz CT molecular complexity index is 313. The van der Waals surface area contributed by atoms with E-state index in [-0.39, 0.29) is 0 Å². The van der Waals surface area contributed by atoms with E-state index in [1.165, 1.54) is 30.4 Å². The van der Waals surface area contributed by atoms with Gasteiger partial charge in [-0.25, -0.2) is 9.59 Å². The van der Waals surface area contributed by atoms with E-state index in [9.17, 15) is 9.59 Å². The van der Waals surface area contributed by atoms with Crippen molar-refractivity contribution in [1.82, 2.24) is 14.5 Å². The zero-order valence-electron chi connectivity index (χ0n) is 10.6. The lowest BCUT2D eigenvalue weighted by atomic mass is 10.2. The van der Waals surface area contributed by atoms with Gasteiger partial charge in [-0.1, -0.05) is 6.42 Å². The number of urea groups is 2. The average Bonchev–Trinajstić information content (AvgIpc) is 2.67. The van der Waals surface area contributed by atoms with Crippen LogP contribution in [0.15, 0.2) is 0 Å². The van der Waals surface area contributed by atoms with Gasteiger partial charge in [-0.2, -0.15) is 4.90 Å². The summed E-state index contributed by atoms with van der Waals surface area (Å²) in [6, 6.07) is -1.69. The summed E-state index contributed by atoms with van der Waals surface area (Å²) in [6.07, 6.45) is 3.02. The Hall–Kier alpha value is -1.44. The van der Waals surface area contributed by atoms with Gasteiger partial charge in [-0.3, -0.25) is 9.71 Å². The molecule has 0 aromatic heterocycles. The van der Waals surface area contributed by atoms with E-state index in [1.54, 1.807) is 0 Å². The molecular weight excluding hydrogens is 256 g/mol. The van der Waals surface area contributed by atoms with Crippen molar-refractivity contribution >= 4 is 30.0 Å². The van der Waals surface area contributed by atoms with E-state index in [1.807, 2.05) is 0 Å². The summed E-state index contributed by atoms with van der Waals surface area (Å²) in [5, 5.41) is 9.84. The van der Waals surface area contributed by atoms with Crippen molar-refractivity contribution in [1.29, 1.82) is 5.41 Å². The van der Waals surface area contributed by atoms with Crippen molar-refractivity contribution in [3.8, 4) is 0 Å². The molecule has 0 aliphatic carbocycles. The summed E-state index contributed by atoms with van der Waals surface area (Å²) in [6.45, 7) is 0.577. The van der Waals surface area contributed by atoms with Crippen LogP contribution in [0.1, 0.15) is 19.3 Å². The van der Waals surface area contributed by atoms with Gasteiger partial charge in [0.05, 0.1) is 7.11 Å². The van der Waals surface area contributed by atoms with Crippen LogP contribution in [0.25, 0.3) is 0 Å². The summed E-state index contributed by atoms with van der Waals surface area (Å²) >= 11 is 1.39. The third-order valence-corrected chi connectivity index (χ3v) is 3.59. The number of hydrogen-bond donors (Lipinski definition) is 2. The zero-order chi connectivity index (χ0) is 13.5. The summed E-state index contributed by atoms with van der Waals surface area (Å²) in [5.74, 6) is 0.841. The molecule has 0 atom stereocenters. The number of nitrogens with one attached hydrogen (secondary N) is 2. The first-order valence-corrected chi connectivity index (χ1v) is 6.65. The molecule has 0 aromatic rings. The largest absolute Gasteiger partial charge is 0.468 e. The Morgan fingerprint density at radius 2 is 2.11 bits per heavy atom. The third-order valence-electron chi connectivity index (χ3n) is 2.47. The summed E-state index contributed by atoms with van der Waals surface area (Å²) < 4.78 is 6.18. The number of hydrogen-bond acceptors (Lipinski definition) is 5. The number of methoxy groups -OCH3 is 1. The highest BCUT2D eigenvalue weighted by molar-refractivity contribution is 7.97. The van der Waals surface area contributed by atoms with Crippen LogP contribution in [0.4, 0.5) is 9.59 Å². The first-order chi connectivity index (χ1) is 8.61. The fraction of sp³-hybridized carbons (Fsp3) is 0.700. The maximum atomic E-state index is 12.2. The number of nitrogens with zero attached hydrogens (tertiary/aromatic N) is 2. The van der Waals surface area contributed by atoms with E-state index in [4.69, 9.17) is 5.41 Å². The maximum absolute atomic E-state index is 12.2. The molecule has 102 valence electrons. The highest BCUT2D eigenvalue weighted by Crippen LogP contribution is 2.21. The first kappa shape index (κ1) is 14.6. The van der Waals surface area contributed by atoms with Gasteiger partial charge in [-0.05, 0) is 24.8 Å². The van der Waals surface area contributed by atoms with Gasteiger partial charge >= 0.3 is 18.1 Å². The molecule has 1 fully saturated rings. The highest BCUT2D eigenvalue weighted by atomic mass is 32.2. The monoisotopic (exact) mass is 274 g/mol. The van der Waals surface area contributed by atoms with E-state index in [0.717, 1.165) is 25.0 Å². The lowest BCUT2D eigenvalue weighted by molar-refractivity contribution is 0.184. The fourth-order valence-electron chi connectivity index (χ4n) is 1.50. The number of ether oxygens (including phenoxy) is 1. The van der Waals surface area contributed by atoms with E-state index in [2.05, 4.69) is 10.1 Å². The molecule has 4 amide bonds. The molecule has 0 unspecified atom stereocenters. The van der Waals surface area contributed by atoms with Gasteiger partial charge in [0, 0.05) is 19.3 Å². The smallest absolute Gasteiger partial charge is 0.346 e. The van der Waals surface area contributed by atoms with Crippen LogP contribution in [0.2, 0.25) is 0 Å². The molecule has 0 aromatic carbocycles. The van der Waals surface area contributed by atoms with Crippen molar-refractivity contribution in [2.24, 2.45) is 0 Å². The standard InChI is InChI=1S/C10H18N4O3S/c1-12-9(15)14(8(11)17-2)10(16)13-6-4-3-5-7-18-13/h11H,3-7H2,1-2H3,(H,12,15). The highest BCUT2D eigenvalue weighted by Gasteiger charge is 2.31. The summed E-state index contributed by atoms with van der Waals surface area (Å²) in [7, 11) is 2.66. The lowest BCUT2D eigenvalue weighted by Crippen LogP contribution is -2.50. The van der Waals surface area contributed by atoms with E-state index >= 15 is 0 Å². The van der Waals surface area contributed by atoms with Crippen molar-refractivity contribution in [2.45, 2.75) is 19.3 Å². The van der Waals surface area contributed by atoms with Crippen LogP contribution >= 0.6 is 11.9 Å². The summed E-state index contributed by atoms with van der Waals surface area (Å²) in [4.78, 5) is 24.5. The molecule has 18 heavy (non-hydrogen) atoms. The number of imide groups is 1. The lowest BCUT2D eigenvalue weighted by Gasteiger charge is -2.26. The molecule has 0 bridgehead atoms. The number of amidine groups is 1. The number of rotatable bonds is 0. The van der Waals surface area contributed by atoms with Gasteiger partial charge in [0.1, 0.15) is 0 Å². The average molecular weight is 274 g/mol. The van der Waals surface area contributed by atoms with Crippen molar-refractivity contribution in [3.05, 3.63) is 0 Å². The SMILES string of the molecule is CNC(=O)N(C(=N)OC)C(=O)N1CCCCCS1. The van der Waals surface area contributed by atoms with Gasteiger partial charge in [0.25, 0.3) is 0 Å². The number of carbonyl (C=O) groups is 2. The van der Waals surface area contributed by atoms with Gasteiger partial charge < -0.3 is 10.1 Å². The molecule has 1 saturated heterocycles. The molecule has 0 radical (unpaired) electrons. The molecule has 8 heteroatoms. The van der Waals surface area contributed by atoms with Crippen molar-refractivity contribution in [3.63, 3.8) is 0 Å². The Balaban J connectivity index is 2.80.